The van der Waals surface area contributed by atoms with E-state index in [1.165, 1.54) is 35.9 Å². The number of carbonyl (C=O) groups excluding carboxylic acids is 3. The molecule has 2 rings (SSSR count). The van der Waals surface area contributed by atoms with E-state index < -0.39 is 21.5 Å². The van der Waals surface area contributed by atoms with E-state index in [2.05, 4.69) is 10.6 Å². The minimum absolute atomic E-state index is 0.0293. The topological polar surface area (TPSA) is 113 Å². The van der Waals surface area contributed by atoms with Gasteiger partial charge in [-0.15, -0.1) is 11.8 Å². The molecule has 1 aliphatic carbocycles. The van der Waals surface area contributed by atoms with Crippen molar-refractivity contribution in [3.63, 3.8) is 0 Å². The summed E-state index contributed by atoms with van der Waals surface area (Å²) in [6.45, 7) is 1.48. The van der Waals surface area contributed by atoms with E-state index in [4.69, 9.17) is 0 Å². The summed E-state index contributed by atoms with van der Waals surface area (Å²) < 4.78 is 22.6. The van der Waals surface area contributed by atoms with Crippen LogP contribution in [0.25, 0.3) is 0 Å². The molecule has 0 aromatic rings. The van der Waals surface area contributed by atoms with Crippen LogP contribution >= 0.6 is 11.8 Å². The molecule has 2 N–H and O–H groups in total. The molecule has 3 amide bonds. The van der Waals surface area contributed by atoms with Gasteiger partial charge in [-0.05, 0) is 18.8 Å². The summed E-state index contributed by atoms with van der Waals surface area (Å²) in [6.07, 6.45) is 3.61. The molecule has 8 nitrogen and oxygen atoms in total. The molecule has 1 saturated heterocycles. The Bertz CT molecular complexity index is 604. The number of nitrogens with zero attached hydrogens (tertiary/aromatic N) is 1. The number of hydrogen-bond donors (Lipinski definition) is 2. The van der Waals surface area contributed by atoms with E-state index in [1.807, 2.05) is 0 Å². The lowest BCUT2D eigenvalue weighted by molar-refractivity contribution is -0.129. The summed E-state index contributed by atoms with van der Waals surface area (Å²) in [4.78, 5) is 36.4. The molecule has 0 radical (unpaired) electrons. The van der Waals surface area contributed by atoms with E-state index in [-0.39, 0.29) is 42.2 Å². The third-order valence-electron chi connectivity index (χ3n) is 4.35. The van der Waals surface area contributed by atoms with Crippen LogP contribution in [0.15, 0.2) is 0 Å². The van der Waals surface area contributed by atoms with Crippen LogP contribution in [0.1, 0.15) is 19.3 Å². The minimum Gasteiger partial charge on any atom is -0.355 e. The third-order valence-corrected chi connectivity index (χ3v) is 6.78. The van der Waals surface area contributed by atoms with Gasteiger partial charge in [0, 0.05) is 26.2 Å². The van der Waals surface area contributed by atoms with Crippen molar-refractivity contribution >= 4 is 39.3 Å². The fraction of sp³-hybridized carbons (Fsp3) is 0.800. The second kappa shape index (κ2) is 9.42. The Hall–Kier alpha value is -1.29. The number of nitrogens with one attached hydrogen (secondary N) is 2. The number of hydrogen-bond acceptors (Lipinski definition) is 6. The first kappa shape index (κ1) is 20.0. The van der Waals surface area contributed by atoms with E-state index in [9.17, 15) is 22.8 Å². The zero-order valence-electron chi connectivity index (χ0n) is 14.2. The van der Waals surface area contributed by atoms with Crippen LogP contribution in [0.4, 0.5) is 0 Å². The monoisotopic (exact) mass is 391 g/mol. The fourth-order valence-corrected chi connectivity index (χ4v) is 4.46. The summed E-state index contributed by atoms with van der Waals surface area (Å²) in [5, 5.41) is 5.55. The second-order valence-corrected chi connectivity index (χ2v) is 9.59. The van der Waals surface area contributed by atoms with Gasteiger partial charge in [-0.3, -0.25) is 14.4 Å². The van der Waals surface area contributed by atoms with E-state index >= 15 is 0 Å². The SMILES string of the molecule is O=C(CSCC(=O)NCC1CCC1)NCCN1CCS(=O)(=O)CC1=O. The first-order chi connectivity index (χ1) is 11.9. The van der Waals surface area contributed by atoms with Crippen molar-refractivity contribution in [1.82, 2.24) is 15.5 Å². The summed E-state index contributed by atoms with van der Waals surface area (Å²) in [6, 6.07) is 0. The van der Waals surface area contributed by atoms with Crippen molar-refractivity contribution in [3.8, 4) is 0 Å². The quantitative estimate of drug-likeness (QED) is 0.522. The van der Waals surface area contributed by atoms with Crippen LogP contribution in [0, 0.1) is 5.92 Å². The molecule has 10 heteroatoms. The summed E-state index contributed by atoms with van der Waals surface area (Å²) in [5.74, 6) is -0.103. The summed E-state index contributed by atoms with van der Waals surface area (Å²) in [7, 11) is -3.25. The van der Waals surface area contributed by atoms with Gasteiger partial charge in [0.05, 0.1) is 17.3 Å². The lowest BCUT2D eigenvalue weighted by Crippen LogP contribution is -2.47. The zero-order chi connectivity index (χ0) is 18.3. The van der Waals surface area contributed by atoms with Gasteiger partial charge in [0.2, 0.25) is 17.7 Å². The maximum atomic E-state index is 11.7. The highest BCUT2D eigenvalue weighted by atomic mass is 32.2. The Morgan fingerprint density at radius 1 is 1.16 bits per heavy atom. The molecule has 0 spiro atoms. The molecular formula is C15H25N3O5S2. The molecule has 142 valence electrons. The molecular weight excluding hydrogens is 366 g/mol. The Kier molecular flexibility index (Phi) is 7.55. The molecule has 0 atom stereocenters. The molecule has 0 aromatic carbocycles. The highest BCUT2D eigenvalue weighted by Crippen LogP contribution is 2.25. The highest BCUT2D eigenvalue weighted by molar-refractivity contribution is 8.00. The Morgan fingerprint density at radius 3 is 2.44 bits per heavy atom. The van der Waals surface area contributed by atoms with Gasteiger partial charge in [-0.1, -0.05) is 6.42 Å². The van der Waals surface area contributed by atoms with Crippen LogP contribution < -0.4 is 10.6 Å². The number of rotatable bonds is 9. The molecule has 0 bridgehead atoms. The van der Waals surface area contributed by atoms with Crippen molar-refractivity contribution in [2.24, 2.45) is 5.92 Å². The maximum Gasteiger partial charge on any atom is 0.237 e. The first-order valence-electron chi connectivity index (χ1n) is 8.45. The number of carbonyl (C=O) groups is 3. The van der Waals surface area contributed by atoms with Gasteiger partial charge in [0.25, 0.3) is 0 Å². The van der Waals surface area contributed by atoms with Crippen LogP contribution in [-0.4, -0.2) is 80.2 Å². The lowest BCUT2D eigenvalue weighted by Gasteiger charge is -2.26. The van der Waals surface area contributed by atoms with Gasteiger partial charge in [-0.25, -0.2) is 8.42 Å². The van der Waals surface area contributed by atoms with E-state index in [0.717, 1.165) is 6.54 Å². The first-order valence-corrected chi connectivity index (χ1v) is 11.4. The van der Waals surface area contributed by atoms with Crippen molar-refractivity contribution in [2.75, 3.05) is 49.2 Å². The number of amides is 3. The van der Waals surface area contributed by atoms with Crippen molar-refractivity contribution in [1.29, 1.82) is 0 Å². The lowest BCUT2D eigenvalue weighted by atomic mass is 9.85. The summed E-state index contributed by atoms with van der Waals surface area (Å²) in [5.41, 5.74) is 0. The minimum atomic E-state index is -3.25. The maximum absolute atomic E-state index is 11.7. The van der Waals surface area contributed by atoms with Gasteiger partial charge < -0.3 is 15.5 Å². The Balaban J connectivity index is 1.50. The molecule has 25 heavy (non-hydrogen) atoms. The normalized spacial score (nSPS) is 20.0. The predicted molar refractivity (Wildman–Crippen MR) is 95.9 cm³/mol. The van der Waals surface area contributed by atoms with E-state index in [1.54, 1.807) is 0 Å². The van der Waals surface area contributed by atoms with Crippen LogP contribution in [0.3, 0.4) is 0 Å². The smallest absolute Gasteiger partial charge is 0.237 e. The second-order valence-electron chi connectivity index (χ2n) is 6.42. The molecule has 2 fully saturated rings. The number of sulfone groups is 1. The molecule has 1 saturated carbocycles. The van der Waals surface area contributed by atoms with E-state index in [0.29, 0.717) is 12.5 Å². The van der Waals surface area contributed by atoms with Crippen molar-refractivity contribution in [3.05, 3.63) is 0 Å². The fourth-order valence-electron chi connectivity index (χ4n) is 2.59. The Labute approximate surface area is 152 Å². The van der Waals surface area contributed by atoms with Gasteiger partial charge in [0.15, 0.2) is 9.84 Å². The molecule has 1 aliphatic heterocycles. The highest BCUT2D eigenvalue weighted by Gasteiger charge is 2.28. The van der Waals surface area contributed by atoms with Crippen molar-refractivity contribution < 1.29 is 22.8 Å². The molecule has 2 aliphatic rings. The van der Waals surface area contributed by atoms with Crippen LogP contribution in [0.5, 0.6) is 0 Å². The average Bonchev–Trinajstić information content (AvgIpc) is 2.47. The van der Waals surface area contributed by atoms with Gasteiger partial charge in [0.1, 0.15) is 5.75 Å². The molecule has 0 unspecified atom stereocenters. The average molecular weight is 392 g/mol. The van der Waals surface area contributed by atoms with Crippen molar-refractivity contribution in [2.45, 2.75) is 19.3 Å². The third kappa shape index (κ3) is 7.23. The molecule has 0 aromatic heterocycles. The van der Waals surface area contributed by atoms with Crippen LogP contribution in [-0.2, 0) is 24.2 Å². The van der Waals surface area contributed by atoms with Crippen LogP contribution in [0.2, 0.25) is 0 Å². The summed E-state index contributed by atoms with van der Waals surface area (Å²) >= 11 is 1.25. The largest absolute Gasteiger partial charge is 0.355 e. The predicted octanol–water partition coefficient (Wildman–Crippen LogP) is -0.991. The van der Waals surface area contributed by atoms with Gasteiger partial charge in [-0.2, -0.15) is 0 Å². The zero-order valence-corrected chi connectivity index (χ0v) is 15.8. The standard InChI is InChI=1S/C15H25N3O5S2/c19-13(9-24-10-14(20)17-8-12-2-1-3-12)16-4-5-18-6-7-25(22,23)11-15(18)21/h12H,1-11H2,(H,16,19)(H,17,20). The van der Waals surface area contributed by atoms with Gasteiger partial charge >= 0.3 is 0 Å². The molecule has 1 heterocycles. The Morgan fingerprint density at radius 2 is 1.84 bits per heavy atom. The number of thioether (sulfide) groups is 1.